The van der Waals surface area contributed by atoms with Crippen molar-refractivity contribution in [3.8, 4) is 11.1 Å². The van der Waals surface area contributed by atoms with Crippen LogP contribution in [0.1, 0.15) is 49.8 Å². The smallest absolute Gasteiger partial charge is 0.418 e. The fourth-order valence-electron chi connectivity index (χ4n) is 5.17. The highest BCUT2D eigenvalue weighted by Gasteiger charge is 2.30. The van der Waals surface area contributed by atoms with E-state index in [4.69, 9.17) is 9.47 Å². The fraction of sp³-hybridized carbons (Fsp3) is 0.281. The summed E-state index contributed by atoms with van der Waals surface area (Å²) in [4.78, 5) is 37.1. The Morgan fingerprint density at radius 1 is 0.950 bits per heavy atom. The molecule has 8 heteroatoms. The zero-order chi connectivity index (χ0) is 28.4. The van der Waals surface area contributed by atoms with E-state index in [1.807, 2.05) is 81.4 Å². The molecule has 0 unspecified atom stereocenters. The molecule has 1 aliphatic rings. The van der Waals surface area contributed by atoms with Crippen LogP contribution in [0.2, 0.25) is 0 Å². The van der Waals surface area contributed by atoms with Crippen molar-refractivity contribution in [3.05, 3.63) is 95.7 Å². The van der Waals surface area contributed by atoms with E-state index in [1.165, 1.54) is 4.57 Å². The number of ether oxygens (including phenoxy) is 2. The van der Waals surface area contributed by atoms with Crippen LogP contribution in [0.15, 0.2) is 79.0 Å². The third-order valence-corrected chi connectivity index (χ3v) is 7.00. The summed E-state index contributed by atoms with van der Waals surface area (Å²) in [7, 11) is 0. The second-order valence-corrected chi connectivity index (χ2v) is 11.0. The lowest BCUT2D eigenvalue weighted by Gasteiger charge is -2.19. The Labute approximate surface area is 232 Å². The van der Waals surface area contributed by atoms with Crippen LogP contribution in [0.4, 0.5) is 9.59 Å². The number of carboxylic acid groups (broad SMARTS) is 1. The van der Waals surface area contributed by atoms with E-state index < -0.39 is 29.8 Å². The monoisotopic (exact) mass is 540 g/mol. The zero-order valence-electron chi connectivity index (χ0n) is 22.7. The molecule has 40 heavy (non-hydrogen) atoms. The Balaban J connectivity index is 1.20. The highest BCUT2D eigenvalue weighted by atomic mass is 16.6. The quantitative estimate of drug-likeness (QED) is 0.283. The number of carboxylic acids is 1. The minimum atomic E-state index is -1.13. The summed E-state index contributed by atoms with van der Waals surface area (Å²) in [6.45, 7) is 5.54. The number of alkyl carbamates (subject to hydrolysis) is 1. The van der Waals surface area contributed by atoms with Gasteiger partial charge in [0.2, 0.25) is 0 Å². The van der Waals surface area contributed by atoms with Crippen LogP contribution in [-0.2, 0) is 20.7 Å². The normalized spacial score (nSPS) is 13.4. The van der Waals surface area contributed by atoms with Crippen LogP contribution in [0.5, 0.6) is 0 Å². The van der Waals surface area contributed by atoms with Crippen molar-refractivity contribution in [2.45, 2.75) is 51.2 Å². The molecule has 1 atom stereocenters. The van der Waals surface area contributed by atoms with Gasteiger partial charge in [-0.1, -0.05) is 54.6 Å². The molecule has 206 valence electrons. The van der Waals surface area contributed by atoms with Gasteiger partial charge in [0, 0.05) is 17.5 Å². The predicted molar refractivity (Wildman–Crippen MR) is 152 cm³/mol. The van der Waals surface area contributed by atoms with Gasteiger partial charge >= 0.3 is 18.2 Å². The number of carbonyl (C=O) groups is 3. The third kappa shape index (κ3) is 5.71. The summed E-state index contributed by atoms with van der Waals surface area (Å²) in [6.07, 6.45) is 1.01. The lowest BCUT2D eigenvalue weighted by Crippen LogP contribution is -2.41. The number of nitrogens with one attached hydrogen (secondary N) is 1. The molecule has 0 spiro atoms. The van der Waals surface area contributed by atoms with Crippen LogP contribution in [0.3, 0.4) is 0 Å². The molecule has 0 radical (unpaired) electrons. The Bertz CT molecular complexity index is 1540. The van der Waals surface area contributed by atoms with Crippen LogP contribution < -0.4 is 5.32 Å². The number of aromatic nitrogens is 1. The van der Waals surface area contributed by atoms with Crippen LogP contribution in [0.25, 0.3) is 22.0 Å². The van der Waals surface area contributed by atoms with E-state index in [0.29, 0.717) is 11.9 Å². The minimum Gasteiger partial charge on any atom is -0.480 e. The van der Waals surface area contributed by atoms with Gasteiger partial charge in [-0.05, 0) is 79.6 Å². The van der Waals surface area contributed by atoms with Crippen molar-refractivity contribution in [1.29, 1.82) is 0 Å². The van der Waals surface area contributed by atoms with Gasteiger partial charge in [0.05, 0.1) is 5.52 Å². The maximum absolute atomic E-state index is 12.6. The Morgan fingerprint density at radius 2 is 1.60 bits per heavy atom. The van der Waals surface area contributed by atoms with Gasteiger partial charge in [-0.3, -0.25) is 4.57 Å². The molecule has 0 bridgehead atoms. The fourth-order valence-corrected chi connectivity index (χ4v) is 5.17. The maximum Gasteiger partial charge on any atom is 0.418 e. The second kappa shape index (κ2) is 10.9. The van der Waals surface area contributed by atoms with Crippen molar-refractivity contribution in [1.82, 2.24) is 9.88 Å². The highest BCUT2D eigenvalue weighted by molar-refractivity contribution is 5.90. The van der Waals surface area contributed by atoms with Crippen molar-refractivity contribution >= 4 is 29.1 Å². The molecule has 0 aliphatic heterocycles. The number of aliphatic carboxylic acids is 1. The third-order valence-electron chi connectivity index (χ3n) is 7.00. The number of fused-ring (bicyclic) bond motifs is 4. The minimum absolute atomic E-state index is 0.109. The lowest BCUT2D eigenvalue weighted by molar-refractivity contribution is -0.139. The maximum atomic E-state index is 12.6. The molecule has 1 amide bonds. The topological polar surface area (TPSA) is 107 Å². The van der Waals surface area contributed by atoms with Gasteiger partial charge in [-0.15, -0.1) is 0 Å². The molecule has 0 fully saturated rings. The Morgan fingerprint density at radius 3 is 2.23 bits per heavy atom. The lowest BCUT2D eigenvalue weighted by atomic mass is 9.98. The number of nitrogens with zero attached hydrogens (tertiary/aromatic N) is 1. The molecule has 3 aromatic carbocycles. The van der Waals surface area contributed by atoms with Gasteiger partial charge in [-0.2, -0.15) is 0 Å². The first-order chi connectivity index (χ1) is 19.1. The highest BCUT2D eigenvalue weighted by Crippen LogP contribution is 2.44. The SMILES string of the molecule is CC(C)(C)OC(=O)n1ccc2cc(CC[C@H](NC(=O)OCC3c4ccccc4-c4ccccc43)C(=O)O)ccc21. The summed E-state index contributed by atoms with van der Waals surface area (Å²) in [5.74, 6) is -1.24. The van der Waals surface area contributed by atoms with E-state index in [0.717, 1.165) is 33.2 Å². The average molecular weight is 541 g/mol. The van der Waals surface area contributed by atoms with Crippen molar-refractivity contribution in [2.75, 3.05) is 6.61 Å². The molecule has 5 rings (SSSR count). The number of rotatable bonds is 7. The summed E-state index contributed by atoms with van der Waals surface area (Å²) in [5.41, 5.74) is 5.38. The first kappa shape index (κ1) is 27.0. The average Bonchev–Trinajstić information content (AvgIpc) is 3.48. The van der Waals surface area contributed by atoms with E-state index >= 15 is 0 Å². The largest absolute Gasteiger partial charge is 0.480 e. The van der Waals surface area contributed by atoms with Crippen molar-refractivity contribution in [3.63, 3.8) is 0 Å². The van der Waals surface area contributed by atoms with Crippen LogP contribution >= 0.6 is 0 Å². The summed E-state index contributed by atoms with van der Waals surface area (Å²) < 4.78 is 12.4. The Hall–Kier alpha value is -4.59. The molecule has 8 nitrogen and oxygen atoms in total. The molecular formula is C32H32N2O6. The van der Waals surface area contributed by atoms with Gasteiger partial charge in [0.1, 0.15) is 18.2 Å². The molecule has 1 aliphatic carbocycles. The van der Waals surface area contributed by atoms with E-state index in [-0.39, 0.29) is 18.9 Å². The molecule has 2 N–H and O–H groups in total. The van der Waals surface area contributed by atoms with Gasteiger partial charge in [0.25, 0.3) is 0 Å². The molecule has 0 saturated carbocycles. The number of amides is 1. The predicted octanol–water partition coefficient (Wildman–Crippen LogP) is 6.35. The van der Waals surface area contributed by atoms with Crippen molar-refractivity contribution in [2.24, 2.45) is 0 Å². The standard InChI is InChI=1S/C32H32N2O6/c1-32(2,3)40-31(38)34-17-16-21-18-20(13-15-28(21)34)12-14-27(29(35)36)33-30(37)39-19-26-24-10-6-4-8-22(24)23-9-5-7-11-25(23)26/h4-11,13,15-18,26-27H,12,14,19H2,1-3H3,(H,33,37)(H,35,36)/t27-/m0/s1. The first-order valence-corrected chi connectivity index (χ1v) is 13.3. The van der Waals surface area contributed by atoms with E-state index in [2.05, 4.69) is 17.4 Å². The van der Waals surface area contributed by atoms with E-state index in [9.17, 15) is 19.5 Å². The number of benzene rings is 3. The summed E-state index contributed by atoms with van der Waals surface area (Å²) in [5, 5.41) is 13.1. The molecular weight excluding hydrogens is 508 g/mol. The van der Waals surface area contributed by atoms with Crippen LogP contribution in [-0.4, -0.2) is 46.1 Å². The Kier molecular flexibility index (Phi) is 7.34. The van der Waals surface area contributed by atoms with Gasteiger partial charge in [0.15, 0.2) is 0 Å². The van der Waals surface area contributed by atoms with Crippen LogP contribution in [0, 0.1) is 0 Å². The zero-order valence-corrected chi connectivity index (χ0v) is 22.7. The summed E-state index contributed by atoms with van der Waals surface area (Å²) in [6, 6.07) is 22.3. The van der Waals surface area contributed by atoms with Gasteiger partial charge < -0.3 is 19.9 Å². The van der Waals surface area contributed by atoms with Gasteiger partial charge in [-0.25, -0.2) is 14.4 Å². The molecule has 4 aromatic rings. The van der Waals surface area contributed by atoms with E-state index in [1.54, 1.807) is 6.20 Å². The number of hydrogen-bond acceptors (Lipinski definition) is 5. The number of aryl methyl sites for hydroxylation is 1. The molecule has 0 saturated heterocycles. The molecule has 1 aromatic heterocycles. The second-order valence-electron chi connectivity index (χ2n) is 11.0. The summed E-state index contributed by atoms with van der Waals surface area (Å²) >= 11 is 0. The molecule has 1 heterocycles. The number of hydrogen-bond donors (Lipinski definition) is 2. The van der Waals surface area contributed by atoms with Crippen molar-refractivity contribution < 1.29 is 29.0 Å². The first-order valence-electron chi connectivity index (χ1n) is 13.3. The number of carbonyl (C=O) groups excluding carboxylic acids is 2.